The quantitative estimate of drug-likeness (QED) is 0.831. The fraction of sp³-hybridized carbons (Fsp3) is 0.533. The molecule has 2 aromatic rings. The van der Waals surface area contributed by atoms with Gasteiger partial charge < -0.3 is 15.2 Å². The molecule has 1 saturated heterocycles. The Bertz CT molecular complexity index is 641. The van der Waals surface area contributed by atoms with Crippen LogP contribution in [0, 0.1) is 5.41 Å². The third-order valence-corrected chi connectivity index (χ3v) is 4.35. The molecule has 7 heteroatoms. The summed E-state index contributed by atoms with van der Waals surface area (Å²) in [5.74, 6) is 0.827. The molecule has 2 aliphatic rings. The first-order valence-electron chi connectivity index (χ1n) is 7.60. The van der Waals surface area contributed by atoms with Gasteiger partial charge in [0.2, 0.25) is 0 Å². The van der Waals surface area contributed by atoms with E-state index in [0.29, 0.717) is 25.8 Å². The Labute approximate surface area is 128 Å². The highest BCUT2D eigenvalue weighted by Crippen LogP contribution is 2.36. The van der Waals surface area contributed by atoms with E-state index in [9.17, 15) is 5.11 Å². The van der Waals surface area contributed by atoms with Gasteiger partial charge in [-0.05, 0) is 47.5 Å². The Balaban J connectivity index is 1.45. The Morgan fingerprint density at radius 2 is 2.05 bits per heavy atom. The van der Waals surface area contributed by atoms with Gasteiger partial charge in [-0.1, -0.05) is 0 Å². The van der Waals surface area contributed by atoms with Crippen molar-refractivity contribution in [2.24, 2.45) is 5.41 Å². The number of aliphatic hydroxyl groups excluding tert-OH is 1. The molecule has 0 amide bonds. The lowest BCUT2D eigenvalue weighted by Crippen LogP contribution is -2.50. The van der Waals surface area contributed by atoms with E-state index in [1.807, 2.05) is 28.9 Å². The summed E-state index contributed by atoms with van der Waals surface area (Å²) in [7, 11) is 0. The average molecular weight is 301 g/mol. The first kappa shape index (κ1) is 13.7. The molecule has 1 aromatic heterocycles. The van der Waals surface area contributed by atoms with Crippen molar-refractivity contribution in [3.63, 3.8) is 0 Å². The zero-order chi connectivity index (χ0) is 15.0. The fourth-order valence-corrected chi connectivity index (χ4v) is 2.62. The number of ether oxygens (including phenoxy) is 1. The summed E-state index contributed by atoms with van der Waals surface area (Å²) in [4.78, 5) is 0. The molecule has 1 aliphatic heterocycles. The highest BCUT2D eigenvalue weighted by atomic mass is 16.5. The SMILES string of the molecule is OCC1(CNc2ccc(-c3nnnn3C3CC3)cc2)COC1. The highest BCUT2D eigenvalue weighted by molar-refractivity contribution is 5.59. The molecular weight excluding hydrogens is 282 g/mol. The number of nitrogens with zero attached hydrogens (tertiary/aromatic N) is 4. The lowest BCUT2D eigenvalue weighted by Gasteiger charge is -2.40. The largest absolute Gasteiger partial charge is 0.396 e. The Kier molecular flexibility index (Phi) is 3.31. The van der Waals surface area contributed by atoms with Gasteiger partial charge >= 0.3 is 0 Å². The van der Waals surface area contributed by atoms with Crippen LogP contribution in [-0.2, 0) is 4.74 Å². The summed E-state index contributed by atoms with van der Waals surface area (Å²) < 4.78 is 7.11. The number of nitrogens with one attached hydrogen (secondary N) is 1. The molecule has 116 valence electrons. The maximum atomic E-state index is 9.43. The third kappa shape index (κ3) is 2.46. The van der Waals surface area contributed by atoms with Gasteiger partial charge in [0.05, 0.1) is 31.3 Å². The van der Waals surface area contributed by atoms with Crippen LogP contribution in [-0.4, -0.2) is 51.7 Å². The molecule has 1 aromatic carbocycles. The van der Waals surface area contributed by atoms with Gasteiger partial charge in [-0.15, -0.1) is 5.10 Å². The number of benzene rings is 1. The molecule has 0 unspecified atom stereocenters. The van der Waals surface area contributed by atoms with Gasteiger partial charge in [0.15, 0.2) is 5.82 Å². The van der Waals surface area contributed by atoms with E-state index < -0.39 is 0 Å². The van der Waals surface area contributed by atoms with Gasteiger partial charge in [-0.25, -0.2) is 4.68 Å². The van der Waals surface area contributed by atoms with Gasteiger partial charge in [-0.2, -0.15) is 0 Å². The smallest absolute Gasteiger partial charge is 0.182 e. The predicted molar refractivity (Wildman–Crippen MR) is 80.4 cm³/mol. The van der Waals surface area contributed by atoms with Crippen LogP contribution in [0.25, 0.3) is 11.4 Å². The number of rotatable bonds is 6. The summed E-state index contributed by atoms with van der Waals surface area (Å²) >= 11 is 0. The number of anilines is 1. The van der Waals surface area contributed by atoms with E-state index in [1.54, 1.807) is 0 Å². The fourth-order valence-electron chi connectivity index (χ4n) is 2.62. The maximum Gasteiger partial charge on any atom is 0.182 e. The van der Waals surface area contributed by atoms with Crippen molar-refractivity contribution in [2.75, 3.05) is 31.7 Å². The first-order valence-corrected chi connectivity index (χ1v) is 7.60. The molecule has 1 saturated carbocycles. The number of tetrazole rings is 1. The van der Waals surface area contributed by atoms with Crippen LogP contribution in [0.2, 0.25) is 0 Å². The monoisotopic (exact) mass is 301 g/mol. The molecule has 2 heterocycles. The van der Waals surface area contributed by atoms with Crippen molar-refractivity contribution >= 4 is 5.69 Å². The number of hydrogen-bond acceptors (Lipinski definition) is 6. The van der Waals surface area contributed by atoms with Crippen molar-refractivity contribution in [3.05, 3.63) is 24.3 Å². The minimum atomic E-state index is -0.130. The highest BCUT2D eigenvalue weighted by Gasteiger charge is 2.37. The molecule has 0 radical (unpaired) electrons. The summed E-state index contributed by atoms with van der Waals surface area (Å²) in [5, 5.41) is 24.8. The number of aromatic nitrogens is 4. The molecule has 0 spiro atoms. The number of aliphatic hydroxyl groups is 1. The standard InChI is InChI=1S/C15H19N5O2/c21-8-15(9-22-10-15)7-16-12-3-1-11(2-4-12)14-17-18-19-20(14)13-5-6-13/h1-4,13,16,21H,5-10H2. The van der Waals surface area contributed by atoms with E-state index in [2.05, 4.69) is 20.8 Å². The van der Waals surface area contributed by atoms with Gasteiger partial charge in [0, 0.05) is 17.8 Å². The topological polar surface area (TPSA) is 85.1 Å². The predicted octanol–water partition coefficient (Wildman–Crippen LogP) is 1.10. The zero-order valence-electron chi connectivity index (χ0n) is 12.3. The van der Waals surface area contributed by atoms with Crippen molar-refractivity contribution in [1.82, 2.24) is 20.2 Å². The van der Waals surface area contributed by atoms with Gasteiger partial charge in [0.25, 0.3) is 0 Å². The first-order chi connectivity index (χ1) is 10.8. The normalized spacial score (nSPS) is 19.7. The van der Waals surface area contributed by atoms with Gasteiger partial charge in [0.1, 0.15) is 0 Å². The van der Waals surface area contributed by atoms with Crippen LogP contribution in [0.1, 0.15) is 18.9 Å². The van der Waals surface area contributed by atoms with E-state index in [-0.39, 0.29) is 12.0 Å². The van der Waals surface area contributed by atoms with E-state index in [4.69, 9.17) is 4.74 Å². The lowest BCUT2D eigenvalue weighted by molar-refractivity contribution is -0.128. The van der Waals surface area contributed by atoms with Crippen molar-refractivity contribution in [3.8, 4) is 11.4 Å². The lowest BCUT2D eigenvalue weighted by atomic mass is 9.87. The van der Waals surface area contributed by atoms with Crippen molar-refractivity contribution < 1.29 is 9.84 Å². The van der Waals surface area contributed by atoms with Crippen molar-refractivity contribution in [2.45, 2.75) is 18.9 Å². The van der Waals surface area contributed by atoms with Crippen LogP contribution in [0.4, 0.5) is 5.69 Å². The molecule has 0 bridgehead atoms. The average Bonchev–Trinajstić information content (AvgIpc) is 3.25. The molecule has 22 heavy (non-hydrogen) atoms. The minimum absolute atomic E-state index is 0.130. The molecule has 2 fully saturated rings. The zero-order valence-corrected chi connectivity index (χ0v) is 12.3. The summed E-state index contributed by atoms with van der Waals surface area (Å²) in [5.41, 5.74) is 1.91. The maximum absolute atomic E-state index is 9.43. The Morgan fingerprint density at radius 3 is 2.64 bits per heavy atom. The Morgan fingerprint density at radius 1 is 1.27 bits per heavy atom. The molecule has 7 nitrogen and oxygen atoms in total. The van der Waals surface area contributed by atoms with E-state index >= 15 is 0 Å². The second kappa shape index (κ2) is 5.33. The van der Waals surface area contributed by atoms with Crippen LogP contribution < -0.4 is 5.32 Å². The Hall–Kier alpha value is -1.99. The van der Waals surface area contributed by atoms with Gasteiger partial charge in [-0.3, -0.25) is 0 Å². The summed E-state index contributed by atoms with van der Waals surface area (Å²) in [6.45, 7) is 2.09. The molecular formula is C15H19N5O2. The van der Waals surface area contributed by atoms with Crippen LogP contribution >= 0.6 is 0 Å². The van der Waals surface area contributed by atoms with Crippen LogP contribution in [0.15, 0.2) is 24.3 Å². The summed E-state index contributed by atoms with van der Waals surface area (Å²) in [6, 6.07) is 8.55. The molecule has 4 rings (SSSR count). The van der Waals surface area contributed by atoms with E-state index in [0.717, 1.165) is 29.9 Å². The number of hydrogen-bond donors (Lipinski definition) is 2. The molecule has 2 N–H and O–H groups in total. The van der Waals surface area contributed by atoms with E-state index in [1.165, 1.54) is 0 Å². The third-order valence-electron chi connectivity index (χ3n) is 4.35. The molecule has 1 aliphatic carbocycles. The second-order valence-electron chi connectivity index (χ2n) is 6.26. The second-order valence-corrected chi connectivity index (χ2v) is 6.26. The van der Waals surface area contributed by atoms with Crippen LogP contribution in [0.5, 0.6) is 0 Å². The van der Waals surface area contributed by atoms with Crippen molar-refractivity contribution in [1.29, 1.82) is 0 Å². The van der Waals surface area contributed by atoms with Crippen LogP contribution in [0.3, 0.4) is 0 Å². The summed E-state index contributed by atoms with van der Waals surface area (Å²) in [6.07, 6.45) is 2.31. The molecule has 0 atom stereocenters. The minimum Gasteiger partial charge on any atom is -0.396 e.